The van der Waals surface area contributed by atoms with E-state index in [9.17, 15) is 9.59 Å². The minimum atomic E-state index is -1.09. The second kappa shape index (κ2) is 6.48. The SMILES string of the molecule is CC(=O)Nc1ccc(S23#CC4CC(NC(=O)c5cc(C6CC6)on5)CC(C2)N43)cc1. The van der Waals surface area contributed by atoms with E-state index in [1.807, 2.05) is 12.1 Å². The summed E-state index contributed by atoms with van der Waals surface area (Å²) in [7, 11) is -1.09. The Bertz CT molecular complexity index is 1170. The molecule has 30 heavy (non-hydrogen) atoms. The Morgan fingerprint density at radius 3 is 2.73 bits per heavy atom. The van der Waals surface area contributed by atoms with Gasteiger partial charge in [0.1, 0.15) is 5.76 Å². The van der Waals surface area contributed by atoms with Crippen molar-refractivity contribution in [1.29, 1.82) is 0 Å². The van der Waals surface area contributed by atoms with Crippen LogP contribution in [0.5, 0.6) is 0 Å². The molecule has 4 aliphatic rings. The molecule has 6 rings (SSSR count). The summed E-state index contributed by atoms with van der Waals surface area (Å²) in [6, 6.07) is 11.0. The first kappa shape index (κ1) is 18.2. The maximum absolute atomic E-state index is 12.6. The molecular weight excluding hydrogens is 400 g/mol. The zero-order valence-corrected chi connectivity index (χ0v) is 17.6. The normalized spacial score (nSPS) is 31.3. The van der Waals surface area contributed by atoms with E-state index in [1.165, 1.54) is 11.8 Å². The smallest absolute Gasteiger partial charge is 0.273 e. The Morgan fingerprint density at radius 2 is 2.03 bits per heavy atom. The average Bonchev–Trinajstić information content (AvgIpc) is 3.40. The number of benzene rings is 1. The molecule has 1 saturated carbocycles. The lowest BCUT2D eigenvalue weighted by Crippen LogP contribution is -2.65. The fourth-order valence-electron chi connectivity index (χ4n) is 5.02. The number of hydrogen-bond acceptors (Lipinski definition) is 5. The fourth-order valence-corrected chi connectivity index (χ4v) is 8.91. The molecule has 0 bridgehead atoms. The van der Waals surface area contributed by atoms with Crippen molar-refractivity contribution < 1.29 is 14.1 Å². The third kappa shape index (κ3) is 2.82. The van der Waals surface area contributed by atoms with Crippen molar-refractivity contribution in [2.75, 3.05) is 11.1 Å². The van der Waals surface area contributed by atoms with Crippen LogP contribution in [0.1, 0.15) is 54.8 Å². The fraction of sp³-hybridized carbons (Fsp3) is 0.455. The first-order valence-electron chi connectivity index (χ1n) is 10.5. The van der Waals surface area contributed by atoms with Gasteiger partial charge < -0.3 is 15.2 Å². The zero-order chi connectivity index (χ0) is 20.5. The van der Waals surface area contributed by atoms with Gasteiger partial charge in [0.25, 0.3) is 5.91 Å². The molecule has 3 fully saturated rings. The van der Waals surface area contributed by atoms with Crippen LogP contribution >= 0.6 is 9.62 Å². The van der Waals surface area contributed by atoms with Gasteiger partial charge in [-0.05, 0) is 49.9 Å². The summed E-state index contributed by atoms with van der Waals surface area (Å²) in [6.45, 7) is 1.52. The summed E-state index contributed by atoms with van der Waals surface area (Å²) < 4.78 is 7.93. The van der Waals surface area contributed by atoms with Gasteiger partial charge in [-0.2, -0.15) is 0 Å². The molecule has 4 atom stereocenters. The van der Waals surface area contributed by atoms with Crippen molar-refractivity contribution in [2.24, 2.45) is 0 Å². The van der Waals surface area contributed by atoms with Crippen LogP contribution in [0, 0.1) is 5.18 Å². The van der Waals surface area contributed by atoms with Gasteiger partial charge in [-0.3, -0.25) is 9.59 Å². The molecule has 2 amide bonds. The van der Waals surface area contributed by atoms with Gasteiger partial charge in [0.05, 0.1) is 6.04 Å². The molecule has 2 aromatic rings. The highest BCUT2D eigenvalue weighted by molar-refractivity contribution is 8.24. The monoisotopic (exact) mass is 424 g/mol. The van der Waals surface area contributed by atoms with E-state index in [1.54, 1.807) is 6.07 Å². The number of carbonyl (C=O) groups is 2. The average molecular weight is 425 g/mol. The number of rotatable bonds is 4. The van der Waals surface area contributed by atoms with Crippen molar-refractivity contribution in [3.8, 4) is 5.18 Å². The number of aromatic nitrogens is 1. The van der Waals surface area contributed by atoms with Gasteiger partial charge in [0, 0.05) is 47.3 Å². The quantitative estimate of drug-likeness (QED) is 0.787. The predicted octanol–water partition coefficient (Wildman–Crippen LogP) is 3.21. The second-order valence-corrected chi connectivity index (χ2v) is 11.6. The second-order valence-electron chi connectivity index (χ2n) is 8.75. The number of carbonyl (C=O) groups excluding carboxylic acids is 2. The summed E-state index contributed by atoms with van der Waals surface area (Å²) in [4.78, 5) is 25.1. The number of hydrogen-bond donors (Lipinski definition) is 2. The highest BCUT2D eigenvalue weighted by Crippen LogP contribution is 2.65. The van der Waals surface area contributed by atoms with Crippen molar-refractivity contribution in [2.45, 2.75) is 61.5 Å². The van der Waals surface area contributed by atoms with E-state index in [4.69, 9.17) is 4.52 Å². The molecule has 0 radical (unpaired) electrons. The van der Waals surface area contributed by atoms with Gasteiger partial charge in [0.15, 0.2) is 5.69 Å². The van der Waals surface area contributed by atoms with Crippen LogP contribution in [-0.2, 0) is 4.79 Å². The highest BCUT2D eigenvalue weighted by Gasteiger charge is 2.55. The van der Waals surface area contributed by atoms with Crippen LogP contribution in [0.3, 0.4) is 0 Å². The summed E-state index contributed by atoms with van der Waals surface area (Å²) >= 11 is 0. The minimum absolute atomic E-state index is 0.0581. The molecule has 4 heterocycles. The molecule has 156 valence electrons. The van der Waals surface area contributed by atoms with E-state index in [-0.39, 0.29) is 17.9 Å². The van der Waals surface area contributed by atoms with E-state index < -0.39 is 9.62 Å². The number of nitrogens with zero attached hydrogens (tertiary/aromatic N) is 2. The lowest BCUT2D eigenvalue weighted by atomic mass is 9.94. The summed E-state index contributed by atoms with van der Waals surface area (Å²) in [6.07, 6.45) is 4.12. The molecule has 1 aromatic heterocycles. The topological polar surface area (TPSA) is 87.5 Å². The van der Waals surface area contributed by atoms with Crippen LogP contribution in [0.25, 0.3) is 0 Å². The van der Waals surface area contributed by atoms with E-state index in [0.717, 1.165) is 42.9 Å². The van der Waals surface area contributed by atoms with Crippen LogP contribution in [-0.4, -0.2) is 45.2 Å². The first-order valence-corrected chi connectivity index (χ1v) is 12.3. The van der Waals surface area contributed by atoms with Gasteiger partial charge >= 0.3 is 0 Å². The van der Waals surface area contributed by atoms with Crippen LogP contribution in [0.4, 0.5) is 5.69 Å². The molecule has 0 spiro atoms. The number of piperidine rings is 1. The zero-order valence-electron chi connectivity index (χ0n) is 16.8. The molecule has 8 heteroatoms. The van der Waals surface area contributed by atoms with E-state index in [2.05, 4.69) is 37.4 Å². The Balaban J connectivity index is 1.14. The Kier molecular flexibility index (Phi) is 3.94. The van der Waals surface area contributed by atoms with Gasteiger partial charge in [-0.15, -0.1) is 9.62 Å². The molecule has 2 N–H and O–H groups in total. The molecule has 4 unspecified atom stereocenters. The Morgan fingerprint density at radius 1 is 1.23 bits per heavy atom. The molecule has 1 aliphatic carbocycles. The van der Waals surface area contributed by atoms with Crippen LogP contribution in [0.2, 0.25) is 0 Å². The third-order valence-electron chi connectivity index (χ3n) is 6.50. The lowest BCUT2D eigenvalue weighted by molar-refractivity contribution is -0.114. The third-order valence-corrected chi connectivity index (χ3v) is 10.4. The summed E-state index contributed by atoms with van der Waals surface area (Å²) in [5.41, 5.74) is 1.22. The predicted molar refractivity (Wildman–Crippen MR) is 114 cm³/mol. The molecule has 7 nitrogen and oxygen atoms in total. The first-order chi connectivity index (χ1) is 14.5. The van der Waals surface area contributed by atoms with Gasteiger partial charge in [-0.1, -0.05) is 10.3 Å². The highest BCUT2D eigenvalue weighted by atomic mass is 32.2. The minimum Gasteiger partial charge on any atom is -0.360 e. The summed E-state index contributed by atoms with van der Waals surface area (Å²) in [5.74, 6) is 2.21. The van der Waals surface area contributed by atoms with Crippen molar-refractivity contribution >= 4 is 27.1 Å². The van der Waals surface area contributed by atoms with E-state index >= 15 is 0 Å². The van der Waals surface area contributed by atoms with Crippen molar-refractivity contribution in [1.82, 2.24) is 14.8 Å². The maximum atomic E-state index is 12.6. The van der Waals surface area contributed by atoms with Gasteiger partial charge in [0.2, 0.25) is 5.91 Å². The van der Waals surface area contributed by atoms with Crippen LogP contribution < -0.4 is 10.6 Å². The Hall–Kier alpha value is -2.54. The number of anilines is 1. The lowest BCUT2D eigenvalue weighted by Gasteiger charge is -2.64. The maximum Gasteiger partial charge on any atom is 0.273 e. The molecular formula is C22H24N4O3S. The Labute approximate surface area is 175 Å². The standard InChI is InChI=1S/C22H24N4O3S/c1-13(27)23-15-4-6-19(7-5-15)30-11-17-8-16(9-18(12-30)26(17)30)24-22(28)20-10-21(29-25-20)14-2-3-14/h4-7,10,14,16-18H,2-3,8-9,11H2,1H3,(H,23,27)(H,24,28). The van der Waals surface area contributed by atoms with Crippen LogP contribution in [0.15, 0.2) is 39.8 Å². The van der Waals surface area contributed by atoms with Crippen molar-refractivity contribution in [3.05, 3.63) is 41.8 Å². The van der Waals surface area contributed by atoms with Crippen molar-refractivity contribution in [3.63, 3.8) is 0 Å². The van der Waals surface area contributed by atoms with E-state index in [0.29, 0.717) is 23.7 Å². The number of nitrogens with one attached hydrogen (secondary N) is 2. The molecule has 3 aliphatic heterocycles. The molecule has 1 aromatic carbocycles. The van der Waals surface area contributed by atoms with Gasteiger partial charge in [-0.25, -0.2) is 4.31 Å². The molecule has 2 saturated heterocycles. The largest absolute Gasteiger partial charge is 0.360 e. The number of amides is 2. The summed E-state index contributed by atoms with van der Waals surface area (Å²) in [5, 5.41) is 13.8.